The van der Waals surface area contributed by atoms with E-state index in [1.54, 1.807) is 18.6 Å². The summed E-state index contributed by atoms with van der Waals surface area (Å²) in [6.07, 6.45) is 5.32. The van der Waals surface area contributed by atoms with E-state index in [0.717, 1.165) is 28.8 Å². The summed E-state index contributed by atoms with van der Waals surface area (Å²) in [5.41, 5.74) is 4.92. The van der Waals surface area contributed by atoms with Crippen molar-refractivity contribution in [1.29, 1.82) is 0 Å². The van der Waals surface area contributed by atoms with Crippen LogP contribution in [0.2, 0.25) is 0 Å². The lowest BCUT2D eigenvalue weighted by atomic mass is 10.1. The molecule has 2 aromatic heterocycles. The number of hydrogen-bond acceptors (Lipinski definition) is 5. The van der Waals surface area contributed by atoms with Crippen LogP contribution in [0.15, 0.2) is 35.2 Å². The predicted octanol–water partition coefficient (Wildman–Crippen LogP) is 1.15. The van der Waals surface area contributed by atoms with E-state index < -0.39 is 0 Å². The Morgan fingerprint density at radius 3 is 2.70 bits per heavy atom. The lowest BCUT2D eigenvalue weighted by Gasteiger charge is -2.19. The smallest absolute Gasteiger partial charge is 0.0890 e. The first-order valence-electron chi connectivity index (χ1n) is 6.35. The van der Waals surface area contributed by atoms with E-state index >= 15 is 0 Å². The Morgan fingerprint density at radius 2 is 2.10 bits per heavy atom. The van der Waals surface area contributed by atoms with E-state index in [9.17, 15) is 0 Å². The van der Waals surface area contributed by atoms with Crippen LogP contribution in [-0.2, 0) is 6.54 Å². The number of nitrogens with two attached hydrogens (primary N) is 1. The van der Waals surface area contributed by atoms with Crippen molar-refractivity contribution >= 4 is 15.9 Å². The summed E-state index contributed by atoms with van der Waals surface area (Å²) in [5.74, 6) is 5.75. The molecule has 0 saturated heterocycles. The molecule has 3 N–H and O–H groups in total. The third-order valence-electron chi connectivity index (χ3n) is 3.07. The summed E-state index contributed by atoms with van der Waals surface area (Å²) in [5, 5.41) is 4.41. The van der Waals surface area contributed by atoms with E-state index in [-0.39, 0.29) is 6.04 Å². The van der Waals surface area contributed by atoms with Crippen LogP contribution in [0.5, 0.6) is 0 Å². The number of nitrogens with zero attached hydrogens (tertiary/aromatic N) is 4. The lowest BCUT2D eigenvalue weighted by molar-refractivity contribution is 0.365. The van der Waals surface area contributed by atoms with Gasteiger partial charge in [0.25, 0.3) is 0 Å². The Balaban J connectivity index is 2.32. The van der Waals surface area contributed by atoms with Crippen LogP contribution in [0, 0.1) is 0 Å². The van der Waals surface area contributed by atoms with Gasteiger partial charge in [0, 0.05) is 18.9 Å². The van der Waals surface area contributed by atoms with Gasteiger partial charge in [-0.1, -0.05) is 0 Å². The van der Waals surface area contributed by atoms with Gasteiger partial charge >= 0.3 is 0 Å². The maximum Gasteiger partial charge on any atom is 0.0890 e. The highest BCUT2D eigenvalue weighted by Crippen LogP contribution is 2.27. The first kappa shape index (κ1) is 15.1. The third-order valence-corrected chi connectivity index (χ3v) is 3.68. The molecule has 0 radical (unpaired) electrons. The zero-order valence-corrected chi connectivity index (χ0v) is 13.2. The molecule has 0 aliphatic heterocycles. The molecule has 0 aliphatic carbocycles. The van der Waals surface area contributed by atoms with Gasteiger partial charge in [-0.05, 0) is 47.7 Å². The maximum absolute atomic E-state index is 5.75. The minimum Gasteiger partial charge on any atom is -0.308 e. The van der Waals surface area contributed by atoms with E-state index in [1.165, 1.54) is 0 Å². The fourth-order valence-corrected chi connectivity index (χ4v) is 2.55. The van der Waals surface area contributed by atoms with Crippen LogP contribution in [0.3, 0.4) is 0 Å². The zero-order valence-electron chi connectivity index (χ0n) is 11.6. The van der Waals surface area contributed by atoms with Crippen molar-refractivity contribution in [2.24, 2.45) is 5.84 Å². The first-order chi connectivity index (χ1) is 9.63. The van der Waals surface area contributed by atoms with Crippen molar-refractivity contribution in [3.8, 4) is 0 Å². The number of halogens is 1. The molecule has 6 nitrogen and oxygen atoms in total. The predicted molar refractivity (Wildman–Crippen MR) is 81.9 cm³/mol. The molecule has 0 spiro atoms. The molecule has 0 bridgehead atoms. The molecular formula is C13H19BrN6. The summed E-state index contributed by atoms with van der Waals surface area (Å²) in [6, 6.07) is 3.76. The van der Waals surface area contributed by atoms with Crippen LogP contribution in [-0.4, -0.2) is 40.3 Å². The van der Waals surface area contributed by atoms with E-state index in [1.807, 2.05) is 30.9 Å². The molecule has 2 rings (SSSR count). The summed E-state index contributed by atoms with van der Waals surface area (Å²) in [6.45, 7) is 1.71. The van der Waals surface area contributed by atoms with Gasteiger partial charge in [-0.3, -0.25) is 15.5 Å². The molecule has 1 atom stereocenters. The van der Waals surface area contributed by atoms with Crippen molar-refractivity contribution in [1.82, 2.24) is 25.1 Å². The molecule has 0 fully saturated rings. The Morgan fingerprint density at radius 1 is 1.40 bits per heavy atom. The summed E-state index contributed by atoms with van der Waals surface area (Å²) in [7, 11) is 4.08. The number of rotatable bonds is 6. The minimum absolute atomic E-state index is 0.128. The Labute approximate surface area is 127 Å². The Bertz CT molecular complexity index is 539. The first-order valence-corrected chi connectivity index (χ1v) is 7.14. The average molecular weight is 339 g/mol. The molecular weight excluding hydrogens is 320 g/mol. The second-order valence-electron chi connectivity index (χ2n) is 4.78. The van der Waals surface area contributed by atoms with E-state index in [2.05, 4.69) is 36.3 Å². The molecule has 7 heteroatoms. The van der Waals surface area contributed by atoms with Gasteiger partial charge in [-0.2, -0.15) is 5.10 Å². The van der Waals surface area contributed by atoms with Crippen molar-refractivity contribution in [2.75, 3.05) is 20.6 Å². The van der Waals surface area contributed by atoms with Gasteiger partial charge < -0.3 is 4.90 Å². The summed E-state index contributed by atoms with van der Waals surface area (Å²) >= 11 is 3.55. The molecule has 0 saturated carbocycles. The minimum atomic E-state index is -0.128. The fourth-order valence-electron chi connectivity index (χ4n) is 2.02. The monoisotopic (exact) mass is 338 g/mol. The fraction of sp³-hybridized carbons (Fsp3) is 0.385. The highest BCUT2D eigenvalue weighted by molar-refractivity contribution is 9.10. The van der Waals surface area contributed by atoms with Crippen molar-refractivity contribution in [3.63, 3.8) is 0 Å². The standard InChI is InChI=1S/C13H19BrN6/c1-19(2)7-8-20-13(11(14)9-17-20)12(18-15)10-3-5-16-6-4-10/h3-6,9,12,18H,7-8,15H2,1-2H3. The number of likely N-dealkylation sites (N-methyl/N-ethyl adjacent to an activating group) is 1. The Kier molecular flexibility index (Phi) is 5.24. The van der Waals surface area contributed by atoms with Crippen molar-refractivity contribution < 1.29 is 0 Å². The largest absolute Gasteiger partial charge is 0.308 e. The number of pyridine rings is 1. The molecule has 0 amide bonds. The third kappa shape index (κ3) is 3.43. The van der Waals surface area contributed by atoms with Crippen LogP contribution >= 0.6 is 15.9 Å². The van der Waals surface area contributed by atoms with E-state index in [0.29, 0.717) is 0 Å². The topological polar surface area (TPSA) is 72.0 Å². The van der Waals surface area contributed by atoms with Gasteiger partial charge in [0.1, 0.15) is 0 Å². The molecule has 0 aromatic carbocycles. The van der Waals surface area contributed by atoms with Crippen LogP contribution < -0.4 is 11.3 Å². The van der Waals surface area contributed by atoms with E-state index in [4.69, 9.17) is 5.84 Å². The van der Waals surface area contributed by atoms with Gasteiger partial charge in [0.05, 0.1) is 29.0 Å². The van der Waals surface area contributed by atoms with Gasteiger partial charge in [0.2, 0.25) is 0 Å². The maximum atomic E-state index is 5.75. The molecule has 1 unspecified atom stereocenters. The number of nitrogens with one attached hydrogen (secondary N) is 1. The van der Waals surface area contributed by atoms with Crippen LogP contribution in [0.1, 0.15) is 17.3 Å². The molecule has 2 aromatic rings. The molecule has 2 heterocycles. The van der Waals surface area contributed by atoms with Crippen molar-refractivity contribution in [2.45, 2.75) is 12.6 Å². The van der Waals surface area contributed by atoms with Gasteiger partial charge in [-0.15, -0.1) is 0 Å². The van der Waals surface area contributed by atoms with Crippen LogP contribution in [0.25, 0.3) is 0 Å². The van der Waals surface area contributed by atoms with Crippen molar-refractivity contribution in [3.05, 3.63) is 46.5 Å². The Hall–Kier alpha value is -1.28. The molecule has 0 aliphatic rings. The highest BCUT2D eigenvalue weighted by atomic mass is 79.9. The number of aromatic nitrogens is 3. The quantitative estimate of drug-likeness (QED) is 0.610. The summed E-state index contributed by atoms with van der Waals surface area (Å²) in [4.78, 5) is 6.16. The lowest BCUT2D eigenvalue weighted by Crippen LogP contribution is -2.32. The highest BCUT2D eigenvalue weighted by Gasteiger charge is 2.20. The molecule has 20 heavy (non-hydrogen) atoms. The average Bonchev–Trinajstić information content (AvgIpc) is 2.80. The zero-order chi connectivity index (χ0) is 14.5. The number of hydrazine groups is 1. The number of hydrogen-bond donors (Lipinski definition) is 2. The summed E-state index contributed by atoms with van der Waals surface area (Å²) < 4.78 is 2.91. The second-order valence-corrected chi connectivity index (χ2v) is 5.64. The molecule has 108 valence electrons. The SMILES string of the molecule is CN(C)CCn1ncc(Br)c1C(NN)c1ccncc1. The second kappa shape index (κ2) is 6.94. The van der Waals surface area contributed by atoms with Gasteiger partial charge in [0.15, 0.2) is 0 Å². The normalized spacial score (nSPS) is 12.8. The van der Waals surface area contributed by atoms with Crippen LogP contribution in [0.4, 0.5) is 0 Å². The van der Waals surface area contributed by atoms with Gasteiger partial charge in [-0.25, -0.2) is 5.43 Å².